The molecule has 1 saturated heterocycles. The van der Waals surface area contributed by atoms with Crippen molar-refractivity contribution in [2.24, 2.45) is 32.8 Å². The summed E-state index contributed by atoms with van der Waals surface area (Å²) in [4.78, 5) is 14.5. The Morgan fingerprint density at radius 1 is 1.38 bits per heavy atom. The number of halogens is 1. The third-order valence-electron chi connectivity index (χ3n) is 5.25. The van der Waals surface area contributed by atoms with Crippen LogP contribution in [0.15, 0.2) is 28.3 Å². The highest BCUT2D eigenvalue weighted by atomic mass is 19.1. The summed E-state index contributed by atoms with van der Waals surface area (Å²) in [6.45, 7) is 5.60. The molecule has 1 aliphatic heterocycles. The van der Waals surface area contributed by atoms with E-state index in [1.54, 1.807) is 20.2 Å². The Morgan fingerprint density at radius 2 is 2.12 bits per heavy atom. The highest BCUT2D eigenvalue weighted by Gasteiger charge is 2.54. The van der Waals surface area contributed by atoms with Crippen LogP contribution in [-0.2, 0) is 0 Å². The lowest BCUT2D eigenvalue weighted by Crippen LogP contribution is -2.28. The number of aromatic nitrogens is 1. The minimum Gasteiger partial charge on any atom is -0.383 e. The first-order valence-corrected chi connectivity index (χ1v) is 8.19. The van der Waals surface area contributed by atoms with Gasteiger partial charge in [0.05, 0.1) is 0 Å². The van der Waals surface area contributed by atoms with Gasteiger partial charge in [-0.3, -0.25) is 4.99 Å². The fourth-order valence-corrected chi connectivity index (χ4v) is 4.19. The number of hydrogen-bond donors (Lipinski definition) is 2. The van der Waals surface area contributed by atoms with Crippen molar-refractivity contribution in [2.45, 2.75) is 32.4 Å². The molecule has 2 heterocycles. The number of aliphatic imine (C=N–C) groups is 2. The molecule has 7 heteroatoms. The lowest BCUT2D eigenvalue weighted by atomic mass is 9.83. The summed E-state index contributed by atoms with van der Waals surface area (Å²) in [5, 5.41) is 0. The molecule has 4 N–H and O–H groups in total. The minimum absolute atomic E-state index is 0.0242. The smallest absolute Gasteiger partial charge is 0.217 e. The zero-order chi connectivity index (χ0) is 17.5. The van der Waals surface area contributed by atoms with Crippen molar-refractivity contribution in [1.82, 2.24) is 4.98 Å². The second-order valence-corrected chi connectivity index (χ2v) is 7.51. The van der Waals surface area contributed by atoms with Gasteiger partial charge in [-0.1, -0.05) is 6.92 Å². The number of anilines is 1. The second-order valence-electron chi connectivity index (χ2n) is 7.51. The Hall–Kier alpha value is -2.18. The van der Waals surface area contributed by atoms with Gasteiger partial charge in [-0.05, 0) is 43.2 Å². The maximum Gasteiger partial charge on any atom is 0.217 e. The molecular weight excluding hydrogens is 307 g/mol. The van der Waals surface area contributed by atoms with Gasteiger partial charge >= 0.3 is 0 Å². The van der Waals surface area contributed by atoms with E-state index in [-0.39, 0.29) is 17.2 Å². The first kappa shape index (κ1) is 16.7. The van der Waals surface area contributed by atoms with Gasteiger partial charge < -0.3 is 16.4 Å². The number of fused-ring (bicyclic) bond motifs is 1. The summed E-state index contributed by atoms with van der Waals surface area (Å²) in [6.07, 6.45) is 2.94. The van der Waals surface area contributed by atoms with Crippen LogP contribution in [0.25, 0.3) is 0 Å². The lowest BCUT2D eigenvalue weighted by molar-refractivity contribution is 0.175. The number of amidine groups is 1. The Morgan fingerprint density at radius 3 is 2.71 bits per heavy atom. The molecule has 130 valence electrons. The van der Waals surface area contributed by atoms with Crippen molar-refractivity contribution in [2.75, 3.05) is 25.0 Å². The van der Waals surface area contributed by atoms with Crippen LogP contribution in [0.4, 0.5) is 10.2 Å². The molecule has 1 aromatic heterocycles. The van der Waals surface area contributed by atoms with Crippen molar-refractivity contribution in [3.05, 3.63) is 23.9 Å². The van der Waals surface area contributed by atoms with Crippen LogP contribution >= 0.6 is 0 Å². The van der Waals surface area contributed by atoms with Crippen molar-refractivity contribution in [3.8, 4) is 0 Å². The third kappa shape index (κ3) is 3.07. The molecule has 1 aromatic rings. The number of nitrogens with zero attached hydrogens (tertiary/aromatic N) is 4. The SMILES string of the molecule is CN=C(N)/N=C(\N)c1ccc(N2C[C@@H]3CC(C)(F)C[C@]3(C)C2)nc1. The fraction of sp³-hybridized carbons (Fsp3) is 0.588. The molecule has 0 aromatic carbocycles. The zero-order valence-corrected chi connectivity index (χ0v) is 14.5. The number of rotatable bonds is 2. The van der Waals surface area contributed by atoms with Gasteiger partial charge in [0.2, 0.25) is 5.96 Å². The molecule has 1 saturated carbocycles. The minimum atomic E-state index is -1.03. The van der Waals surface area contributed by atoms with E-state index in [0.717, 1.165) is 18.9 Å². The van der Waals surface area contributed by atoms with Crippen LogP contribution in [0.1, 0.15) is 32.3 Å². The van der Waals surface area contributed by atoms with E-state index in [9.17, 15) is 4.39 Å². The van der Waals surface area contributed by atoms with Crippen molar-refractivity contribution < 1.29 is 4.39 Å². The molecule has 24 heavy (non-hydrogen) atoms. The molecule has 0 radical (unpaired) electrons. The number of hydrogen-bond acceptors (Lipinski definition) is 3. The largest absolute Gasteiger partial charge is 0.383 e. The summed E-state index contributed by atoms with van der Waals surface area (Å²) in [7, 11) is 1.56. The lowest BCUT2D eigenvalue weighted by Gasteiger charge is -2.25. The number of pyridine rings is 1. The van der Waals surface area contributed by atoms with Crippen molar-refractivity contribution in [1.29, 1.82) is 0 Å². The van der Waals surface area contributed by atoms with Gasteiger partial charge in [-0.15, -0.1) is 0 Å². The molecule has 3 atom stereocenters. The molecule has 6 nitrogen and oxygen atoms in total. The maximum atomic E-state index is 14.3. The molecule has 1 aliphatic carbocycles. The molecule has 0 spiro atoms. The quantitative estimate of drug-likeness (QED) is 0.637. The van der Waals surface area contributed by atoms with Crippen LogP contribution in [0.5, 0.6) is 0 Å². The molecule has 0 amide bonds. The zero-order valence-electron chi connectivity index (χ0n) is 14.5. The highest BCUT2D eigenvalue weighted by molar-refractivity contribution is 6.04. The summed E-state index contributed by atoms with van der Waals surface area (Å²) >= 11 is 0. The van der Waals surface area contributed by atoms with Gasteiger partial charge in [-0.25, -0.2) is 9.37 Å². The van der Waals surface area contributed by atoms with Crippen LogP contribution in [0.3, 0.4) is 0 Å². The van der Waals surface area contributed by atoms with Crippen LogP contribution < -0.4 is 16.4 Å². The van der Waals surface area contributed by atoms with E-state index in [0.29, 0.717) is 24.3 Å². The normalized spacial score (nSPS) is 33.8. The average molecular weight is 332 g/mol. The highest BCUT2D eigenvalue weighted by Crippen LogP contribution is 2.54. The maximum absolute atomic E-state index is 14.3. The Bertz CT molecular complexity index is 681. The number of nitrogens with two attached hydrogens (primary N) is 2. The van der Waals surface area contributed by atoms with Gasteiger partial charge in [-0.2, -0.15) is 4.99 Å². The van der Waals surface area contributed by atoms with E-state index in [2.05, 4.69) is 26.8 Å². The molecule has 2 aliphatic rings. The number of alkyl halides is 1. The van der Waals surface area contributed by atoms with Crippen LogP contribution in [-0.4, -0.2) is 42.6 Å². The second kappa shape index (κ2) is 5.72. The molecule has 3 rings (SSSR count). The molecule has 1 unspecified atom stereocenters. The first-order chi connectivity index (χ1) is 11.2. The molecular formula is C17H25FN6. The van der Waals surface area contributed by atoms with Gasteiger partial charge in [0.25, 0.3) is 0 Å². The fourth-order valence-electron chi connectivity index (χ4n) is 4.19. The summed E-state index contributed by atoms with van der Waals surface area (Å²) in [5.74, 6) is 1.68. The predicted octanol–water partition coefficient (Wildman–Crippen LogP) is 1.70. The predicted molar refractivity (Wildman–Crippen MR) is 95.1 cm³/mol. The van der Waals surface area contributed by atoms with E-state index in [1.807, 2.05) is 12.1 Å². The average Bonchev–Trinajstić information content (AvgIpc) is 2.93. The van der Waals surface area contributed by atoms with Gasteiger partial charge in [0.15, 0.2) is 0 Å². The van der Waals surface area contributed by atoms with Crippen LogP contribution in [0.2, 0.25) is 0 Å². The first-order valence-electron chi connectivity index (χ1n) is 8.19. The van der Waals surface area contributed by atoms with E-state index in [1.165, 1.54) is 0 Å². The standard InChI is InChI=1S/C17H25FN6/c1-16-9-17(2,18)6-12(16)8-24(10-16)13-5-4-11(7-22-13)14(19)23-15(20)21-3/h4-5,7,12H,6,8-10H2,1-3H3,(H4,19,20,21,23)/t12-,16+,17?/m0/s1. The summed E-state index contributed by atoms with van der Waals surface area (Å²) in [5.41, 5.74) is 11.1. The molecule has 0 bridgehead atoms. The third-order valence-corrected chi connectivity index (χ3v) is 5.25. The monoisotopic (exact) mass is 332 g/mol. The van der Waals surface area contributed by atoms with Gasteiger partial charge in [0, 0.05) is 31.9 Å². The van der Waals surface area contributed by atoms with Crippen molar-refractivity contribution in [3.63, 3.8) is 0 Å². The summed E-state index contributed by atoms with van der Waals surface area (Å²) in [6, 6.07) is 3.80. The summed E-state index contributed by atoms with van der Waals surface area (Å²) < 4.78 is 14.3. The van der Waals surface area contributed by atoms with E-state index < -0.39 is 5.67 Å². The van der Waals surface area contributed by atoms with Gasteiger partial charge in [0.1, 0.15) is 17.3 Å². The Labute approximate surface area is 141 Å². The Kier molecular flexibility index (Phi) is 3.97. The van der Waals surface area contributed by atoms with Crippen LogP contribution in [0, 0.1) is 11.3 Å². The molecule has 2 fully saturated rings. The van der Waals surface area contributed by atoms with E-state index >= 15 is 0 Å². The topological polar surface area (TPSA) is 92.9 Å². The Balaban J connectivity index is 1.73. The number of guanidine groups is 1. The van der Waals surface area contributed by atoms with E-state index in [4.69, 9.17) is 11.5 Å². The van der Waals surface area contributed by atoms with Crippen molar-refractivity contribution >= 4 is 17.6 Å².